The molecule has 0 spiro atoms. The van der Waals surface area contributed by atoms with Crippen molar-refractivity contribution in [3.63, 3.8) is 0 Å². The molecule has 1 aliphatic heterocycles. The first-order valence-corrected chi connectivity index (χ1v) is 6.09. The van der Waals surface area contributed by atoms with E-state index in [1.807, 2.05) is 6.92 Å². The number of halogens is 3. The van der Waals surface area contributed by atoms with Crippen molar-refractivity contribution in [2.24, 2.45) is 5.41 Å². The summed E-state index contributed by atoms with van der Waals surface area (Å²) in [6.45, 7) is 3.35. The Balaban J connectivity index is 1.97. The van der Waals surface area contributed by atoms with Crippen LogP contribution in [0, 0.1) is 5.41 Å². The average Bonchev–Trinajstić information content (AvgIpc) is 2.33. The number of alkyl halides is 3. The normalized spacial score (nSPS) is 17.2. The second kappa shape index (κ2) is 5.32. The topological polar surface area (TPSA) is 50.4 Å². The maximum Gasteiger partial charge on any atom is 0.418 e. The molecule has 0 atom stereocenters. The summed E-state index contributed by atoms with van der Waals surface area (Å²) >= 11 is 0. The molecule has 1 aromatic carbocycles. The molecule has 0 aliphatic carbocycles. The molecule has 1 saturated heterocycles. The molecule has 0 unspecified atom stereocenters. The van der Waals surface area contributed by atoms with Crippen molar-refractivity contribution >= 4 is 11.7 Å². The van der Waals surface area contributed by atoms with Crippen LogP contribution >= 0.6 is 0 Å². The molecule has 2 N–H and O–H groups in total. The minimum atomic E-state index is -4.50. The summed E-state index contributed by atoms with van der Waals surface area (Å²) in [6, 6.07) is 4.20. The van der Waals surface area contributed by atoms with Crippen LogP contribution in [0.3, 0.4) is 0 Å². The molecule has 1 aliphatic rings. The highest BCUT2D eigenvalue weighted by Gasteiger charge is 2.35. The van der Waals surface area contributed by atoms with Gasteiger partial charge in [-0.05, 0) is 12.1 Å². The molecular weight excluding hydrogens is 273 g/mol. The van der Waals surface area contributed by atoms with Crippen LogP contribution in [0.4, 0.5) is 23.7 Å². The van der Waals surface area contributed by atoms with Gasteiger partial charge < -0.3 is 15.4 Å². The highest BCUT2D eigenvalue weighted by Crippen LogP contribution is 2.34. The van der Waals surface area contributed by atoms with Crippen LogP contribution in [-0.4, -0.2) is 25.8 Å². The van der Waals surface area contributed by atoms with Crippen molar-refractivity contribution in [2.45, 2.75) is 13.1 Å². The van der Waals surface area contributed by atoms with Crippen LogP contribution in [0.15, 0.2) is 24.3 Å². The standard InChI is InChI=1S/C13H15F3N2O2/c1-12(7-20-8-12)6-17-11(19)18-10-5-3-2-4-9(10)13(14,15)16/h2-5H,6-8H2,1H3,(H2,17,18,19). The van der Waals surface area contributed by atoms with E-state index in [-0.39, 0.29) is 11.1 Å². The fourth-order valence-corrected chi connectivity index (χ4v) is 1.85. The van der Waals surface area contributed by atoms with Gasteiger partial charge in [0.15, 0.2) is 0 Å². The van der Waals surface area contributed by atoms with Crippen molar-refractivity contribution in [3.05, 3.63) is 29.8 Å². The Morgan fingerprint density at radius 1 is 1.35 bits per heavy atom. The number of anilines is 1. The average molecular weight is 288 g/mol. The van der Waals surface area contributed by atoms with E-state index in [0.717, 1.165) is 6.07 Å². The van der Waals surface area contributed by atoms with Gasteiger partial charge in [-0.1, -0.05) is 19.1 Å². The molecule has 1 aromatic rings. The minimum Gasteiger partial charge on any atom is -0.380 e. The minimum absolute atomic E-state index is 0.138. The van der Waals surface area contributed by atoms with Crippen molar-refractivity contribution < 1.29 is 22.7 Å². The molecule has 2 rings (SSSR count). The lowest BCUT2D eigenvalue weighted by Gasteiger charge is -2.37. The summed E-state index contributed by atoms with van der Waals surface area (Å²) in [6.07, 6.45) is -4.50. The molecule has 4 nitrogen and oxygen atoms in total. The Labute approximate surface area is 114 Å². The third-order valence-electron chi connectivity index (χ3n) is 3.06. The van der Waals surface area contributed by atoms with E-state index in [0.29, 0.717) is 19.8 Å². The number of urea groups is 1. The van der Waals surface area contributed by atoms with Gasteiger partial charge in [0, 0.05) is 12.0 Å². The van der Waals surface area contributed by atoms with Crippen LogP contribution < -0.4 is 10.6 Å². The van der Waals surface area contributed by atoms with Gasteiger partial charge in [-0.15, -0.1) is 0 Å². The highest BCUT2D eigenvalue weighted by atomic mass is 19.4. The monoisotopic (exact) mass is 288 g/mol. The van der Waals surface area contributed by atoms with Crippen molar-refractivity contribution in [1.82, 2.24) is 5.32 Å². The Morgan fingerprint density at radius 2 is 2.00 bits per heavy atom. The van der Waals surface area contributed by atoms with E-state index in [1.54, 1.807) is 0 Å². The van der Waals surface area contributed by atoms with Gasteiger partial charge in [0.1, 0.15) is 0 Å². The van der Waals surface area contributed by atoms with Gasteiger partial charge in [0.05, 0.1) is 24.5 Å². The van der Waals surface area contributed by atoms with Crippen LogP contribution in [0.25, 0.3) is 0 Å². The van der Waals surface area contributed by atoms with E-state index < -0.39 is 17.8 Å². The first kappa shape index (κ1) is 14.6. The third kappa shape index (κ3) is 3.41. The van der Waals surface area contributed by atoms with Gasteiger partial charge in [-0.25, -0.2) is 4.79 Å². The Morgan fingerprint density at radius 3 is 2.55 bits per heavy atom. The smallest absolute Gasteiger partial charge is 0.380 e. The second-order valence-electron chi connectivity index (χ2n) is 5.15. The van der Waals surface area contributed by atoms with E-state index in [1.165, 1.54) is 18.2 Å². The van der Waals surface area contributed by atoms with Crippen molar-refractivity contribution in [2.75, 3.05) is 25.1 Å². The van der Waals surface area contributed by atoms with Gasteiger partial charge in [0.2, 0.25) is 0 Å². The van der Waals surface area contributed by atoms with Crippen LogP contribution in [0.2, 0.25) is 0 Å². The molecule has 0 saturated carbocycles. The summed E-state index contributed by atoms with van der Waals surface area (Å²) in [7, 11) is 0. The molecule has 0 radical (unpaired) electrons. The zero-order chi connectivity index (χ0) is 14.8. The van der Waals surface area contributed by atoms with Gasteiger partial charge in [-0.3, -0.25) is 0 Å². The highest BCUT2D eigenvalue weighted by molar-refractivity contribution is 5.90. The molecule has 1 fully saturated rings. The van der Waals surface area contributed by atoms with Crippen LogP contribution in [0.1, 0.15) is 12.5 Å². The number of ether oxygens (including phenoxy) is 1. The number of amides is 2. The van der Waals surface area contributed by atoms with Gasteiger partial charge in [0.25, 0.3) is 0 Å². The van der Waals surface area contributed by atoms with Crippen LogP contribution in [-0.2, 0) is 10.9 Å². The van der Waals surface area contributed by atoms with E-state index >= 15 is 0 Å². The number of rotatable bonds is 3. The Hall–Kier alpha value is -1.76. The summed E-state index contributed by atoms with van der Waals surface area (Å²) in [5, 5.41) is 4.78. The lowest BCUT2D eigenvalue weighted by Crippen LogP contribution is -2.49. The zero-order valence-corrected chi connectivity index (χ0v) is 10.9. The van der Waals surface area contributed by atoms with E-state index in [4.69, 9.17) is 4.74 Å². The molecule has 20 heavy (non-hydrogen) atoms. The maximum absolute atomic E-state index is 12.7. The first-order valence-electron chi connectivity index (χ1n) is 6.09. The lowest BCUT2D eigenvalue weighted by atomic mass is 9.89. The number of hydrogen-bond acceptors (Lipinski definition) is 2. The summed E-state index contributed by atoms with van der Waals surface area (Å²) in [4.78, 5) is 11.6. The first-order chi connectivity index (χ1) is 9.30. The maximum atomic E-state index is 12.7. The SMILES string of the molecule is CC1(CNC(=O)Nc2ccccc2C(F)(F)F)COC1. The summed E-state index contributed by atoms with van der Waals surface area (Å²) < 4.78 is 43.3. The summed E-state index contributed by atoms with van der Waals surface area (Å²) in [5.41, 5.74) is -1.26. The Kier molecular flexibility index (Phi) is 3.89. The molecule has 110 valence electrons. The van der Waals surface area contributed by atoms with Gasteiger partial charge >= 0.3 is 12.2 Å². The van der Waals surface area contributed by atoms with Gasteiger partial charge in [-0.2, -0.15) is 13.2 Å². The quantitative estimate of drug-likeness (QED) is 0.898. The number of hydrogen-bond donors (Lipinski definition) is 2. The second-order valence-corrected chi connectivity index (χ2v) is 5.15. The number of carbonyl (C=O) groups is 1. The van der Waals surface area contributed by atoms with Crippen LogP contribution in [0.5, 0.6) is 0 Å². The fraction of sp³-hybridized carbons (Fsp3) is 0.462. The zero-order valence-electron chi connectivity index (χ0n) is 10.9. The number of benzene rings is 1. The molecule has 0 aromatic heterocycles. The largest absolute Gasteiger partial charge is 0.418 e. The van der Waals surface area contributed by atoms with E-state index in [9.17, 15) is 18.0 Å². The number of carbonyl (C=O) groups excluding carboxylic acids is 1. The Bertz CT molecular complexity index is 499. The number of nitrogens with one attached hydrogen (secondary N) is 2. The predicted octanol–water partition coefficient (Wildman–Crippen LogP) is 2.86. The van der Waals surface area contributed by atoms with Crippen molar-refractivity contribution in [1.29, 1.82) is 0 Å². The molecule has 7 heteroatoms. The number of para-hydroxylation sites is 1. The molecular formula is C13H15F3N2O2. The molecule has 1 heterocycles. The third-order valence-corrected chi connectivity index (χ3v) is 3.06. The fourth-order valence-electron chi connectivity index (χ4n) is 1.85. The van der Waals surface area contributed by atoms with E-state index in [2.05, 4.69) is 10.6 Å². The summed E-state index contributed by atoms with van der Waals surface area (Å²) in [5.74, 6) is 0. The molecule has 2 amide bonds. The predicted molar refractivity (Wildman–Crippen MR) is 67.4 cm³/mol. The molecule has 0 bridgehead atoms. The van der Waals surface area contributed by atoms with Crippen molar-refractivity contribution in [3.8, 4) is 0 Å². The lowest BCUT2D eigenvalue weighted by molar-refractivity contribution is -0.136.